The van der Waals surface area contributed by atoms with E-state index in [4.69, 9.17) is 32.7 Å². The monoisotopic (exact) mass is 497 g/mol. The van der Waals surface area contributed by atoms with Gasteiger partial charge in [0.15, 0.2) is 0 Å². The van der Waals surface area contributed by atoms with E-state index in [0.29, 0.717) is 22.1 Å². The van der Waals surface area contributed by atoms with Gasteiger partial charge in [-0.15, -0.1) is 0 Å². The lowest BCUT2D eigenvalue weighted by Crippen LogP contribution is -2.29. The fourth-order valence-corrected chi connectivity index (χ4v) is 4.25. The molecule has 3 aromatic rings. The van der Waals surface area contributed by atoms with Crippen LogP contribution in [-0.2, 0) is 16.1 Å². The highest BCUT2D eigenvalue weighted by molar-refractivity contribution is 6.47. The zero-order valence-corrected chi connectivity index (χ0v) is 19.9. The van der Waals surface area contributed by atoms with Gasteiger partial charge in [0.25, 0.3) is 11.7 Å². The highest BCUT2D eigenvalue weighted by Gasteiger charge is 2.46. The molecule has 1 fully saturated rings. The number of aliphatic hydroxyl groups excluding tert-OH is 1. The summed E-state index contributed by atoms with van der Waals surface area (Å²) in [6, 6.07) is 17.8. The Kier molecular flexibility index (Phi) is 6.82. The molecule has 1 amide bonds. The number of methoxy groups -OCH3 is 2. The number of ketones is 1. The first-order valence-corrected chi connectivity index (χ1v) is 11.1. The number of carbonyl (C=O) groups excluding carboxylic acids is 2. The number of hydrogen-bond acceptors (Lipinski definition) is 5. The summed E-state index contributed by atoms with van der Waals surface area (Å²) < 4.78 is 10.4. The molecule has 0 aromatic heterocycles. The molecule has 6 nitrogen and oxygen atoms in total. The zero-order valence-electron chi connectivity index (χ0n) is 18.4. The number of benzene rings is 3. The second kappa shape index (κ2) is 9.79. The molecule has 0 radical (unpaired) electrons. The predicted molar refractivity (Wildman–Crippen MR) is 130 cm³/mol. The van der Waals surface area contributed by atoms with Crippen molar-refractivity contribution in [2.45, 2.75) is 12.6 Å². The minimum absolute atomic E-state index is 0.0593. The predicted octanol–water partition coefficient (Wildman–Crippen LogP) is 5.63. The Bertz CT molecular complexity index is 1270. The number of Topliss-reactive ketones (excluding diaryl/α,β-unsaturated/α-hetero) is 1. The topological polar surface area (TPSA) is 76.1 Å². The average molecular weight is 498 g/mol. The minimum atomic E-state index is -0.846. The van der Waals surface area contributed by atoms with E-state index in [1.807, 2.05) is 12.1 Å². The molecule has 1 unspecified atom stereocenters. The van der Waals surface area contributed by atoms with Crippen LogP contribution in [0, 0.1) is 0 Å². The second-order valence-electron chi connectivity index (χ2n) is 7.67. The third-order valence-corrected chi connectivity index (χ3v) is 6.25. The molecule has 4 rings (SSSR count). The Morgan fingerprint density at radius 3 is 2.15 bits per heavy atom. The number of hydrogen-bond donors (Lipinski definition) is 1. The summed E-state index contributed by atoms with van der Waals surface area (Å²) in [5.74, 6) is -0.783. The summed E-state index contributed by atoms with van der Waals surface area (Å²) in [4.78, 5) is 27.8. The van der Waals surface area contributed by atoms with Crippen molar-refractivity contribution in [1.29, 1.82) is 0 Å². The molecule has 1 aliphatic heterocycles. The molecule has 1 N–H and O–H groups in total. The van der Waals surface area contributed by atoms with Crippen molar-refractivity contribution in [3.63, 3.8) is 0 Å². The average Bonchev–Trinajstić information content (AvgIpc) is 3.10. The van der Waals surface area contributed by atoms with Crippen molar-refractivity contribution < 1.29 is 24.2 Å². The molecular weight excluding hydrogens is 477 g/mol. The van der Waals surface area contributed by atoms with Crippen LogP contribution in [0.2, 0.25) is 10.0 Å². The van der Waals surface area contributed by atoms with Crippen LogP contribution in [0.4, 0.5) is 0 Å². The molecule has 3 aromatic carbocycles. The van der Waals surface area contributed by atoms with Gasteiger partial charge in [0.2, 0.25) is 0 Å². The van der Waals surface area contributed by atoms with Gasteiger partial charge in [-0.05, 0) is 53.6 Å². The smallest absolute Gasteiger partial charge is 0.295 e. The maximum atomic E-state index is 13.2. The number of nitrogens with zero attached hydrogens (tertiary/aromatic N) is 1. The van der Waals surface area contributed by atoms with Crippen LogP contribution in [-0.4, -0.2) is 35.9 Å². The third kappa shape index (κ3) is 4.47. The zero-order chi connectivity index (χ0) is 24.4. The van der Waals surface area contributed by atoms with E-state index in [1.165, 1.54) is 18.1 Å². The van der Waals surface area contributed by atoms with Gasteiger partial charge in [0.1, 0.15) is 17.3 Å². The van der Waals surface area contributed by atoms with Crippen LogP contribution in [0.25, 0.3) is 5.76 Å². The molecule has 0 aliphatic carbocycles. The lowest BCUT2D eigenvalue weighted by molar-refractivity contribution is -0.140. The van der Waals surface area contributed by atoms with Crippen molar-refractivity contribution in [2.24, 2.45) is 0 Å². The summed E-state index contributed by atoms with van der Waals surface area (Å²) in [5, 5.41) is 12.0. The minimum Gasteiger partial charge on any atom is -0.507 e. The van der Waals surface area contributed by atoms with E-state index in [9.17, 15) is 14.7 Å². The summed E-state index contributed by atoms with van der Waals surface area (Å²) in [7, 11) is 3.05. The van der Waals surface area contributed by atoms with Crippen LogP contribution in [0.15, 0.2) is 72.3 Å². The normalized spacial score (nSPS) is 17.2. The van der Waals surface area contributed by atoms with Gasteiger partial charge >= 0.3 is 0 Å². The summed E-state index contributed by atoms with van der Waals surface area (Å²) >= 11 is 12.4. The molecule has 8 heteroatoms. The summed E-state index contributed by atoms with van der Waals surface area (Å²) in [6.45, 7) is 0.143. The number of amides is 1. The first kappa shape index (κ1) is 23.7. The highest BCUT2D eigenvalue weighted by Crippen LogP contribution is 2.42. The molecule has 1 aliphatic rings. The molecule has 1 heterocycles. The van der Waals surface area contributed by atoms with Gasteiger partial charge in [-0.2, -0.15) is 0 Å². The SMILES string of the molecule is COc1ccc(CN2C(=O)C(=O)/C(=C(/O)c3cc(OC)ccc3Cl)C2c2ccc(Cl)cc2)cc1. The van der Waals surface area contributed by atoms with Crippen LogP contribution in [0.1, 0.15) is 22.7 Å². The van der Waals surface area contributed by atoms with Gasteiger partial charge < -0.3 is 19.5 Å². The maximum Gasteiger partial charge on any atom is 0.295 e. The van der Waals surface area contributed by atoms with Gasteiger partial charge in [-0.3, -0.25) is 9.59 Å². The van der Waals surface area contributed by atoms with E-state index in [0.717, 1.165) is 5.56 Å². The lowest BCUT2D eigenvalue weighted by atomic mass is 9.95. The van der Waals surface area contributed by atoms with E-state index in [-0.39, 0.29) is 28.5 Å². The Morgan fingerprint density at radius 2 is 1.53 bits per heavy atom. The van der Waals surface area contributed by atoms with Crippen molar-refractivity contribution in [2.75, 3.05) is 14.2 Å². The van der Waals surface area contributed by atoms with Crippen molar-refractivity contribution in [3.05, 3.63) is 99.0 Å². The van der Waals surface area contributed by atoms with Gasteiger partial charge in [-0.25, -0.2) is 0 Å². The number of halogens is 2. The van der Waals surface area contributed by atoms with Gasteiger partial charge in [0, 0.05) is 17.1 Å². The van der Waals surface area contributed by atoms with Gasteiger partial charge in [-0.1, -0.05) is 47.5 Å². The molecular formula is C26H21Cl2NO5. The van der Waals surface area contributed by atoms with Crippen LogP contribution in [0.3, 0.4) is 0 Å². The molecule has 1 saturated heterocycles. The molecule has 174 valence electrons. The number of likely N-dealkylation sites (tertiary alicyclic amines) is 1. The number of rotatable bonds is 6. The lowest BCUT2D eigenvalue weighted by Gasteiger charge is -2.25. The second-order valence-corrected chi connectivity index (χ2v) is 8.52. The first-order chi connectivity index (χ1) is 16.3. The third-order valence-electron chi connectivity index (χ3n) is 5.67. The quantitative estimate of drug-likeness (QED) is 0.271. The Labute approximate surface area is 206 Å². The number of ether oxygens (including phenoxy) is 2. The summed E-state index contributed by atoms with van der Waals surface area (Å²) in [6.07, 6.45) is 0. The molecule has 0 bridgehead atoms. The fraction of sp³-hybridized carbons (Fsp3) is 0.154. The van der Waals surface area contributed by atoms with Crippen LogP contribution >= 0.6 is 23.2 Å². The van der Waals surface area contributed by atoms with E-state index >= 15 is 0 Å². The van der Waals surface area contributed by atoms with Crippen molar-refractivity contribution in [3.8, 4) is 11.5 Å². The molecule has 34 heavy (non-hydrogen) atoms. The fourth-order valence-electron chi connectivity index (χ4n) is 3.92. The van der Waals surface area contributed by atoms with Crippen LogP contribution in [0.5, 0.6) is 11.5 Å². The largest absolute Gasteiger partial charge is 0.507 e. The van der Waals surface area contributed by atoms with Crippen LogP contribution < -0.4 is 9.47 Å². The standard InChI is InChI=1S/C26H21Cl2NO5/c1-33-18-9-3-15(4-10-18)14-29-23(16-5-7-17(27)8-6-16)22(25(31)26(29)32)24(30)20-13-19(34-2)11-12-21(20)28/h3-13,23,30H,14H2,1-2H3/b24-22+. The number of carbonyl (C=O) groups is 2. The van der Waals surface area contributed by atoms with Gasteiger partial charge in [0.05, 0.1) is 30.9 Å². The summed E-state index contributed by atoms with van der Waals surface area (Å²) in [5.41, 5.74) is 1.55. The van der Waals surface area contributed by atoms with E-state index in [1.54, 1.807) is 55.6 Å². The first-order valence-electron chi connectivity index (χ1n) is 10.3. The van der Waals surface area contributed by atoms with E-state index < -0.39 is 17.7 Å². The van der Waals surface area contributed by atoms with Crippen molar-refractivity contribution in [1.82, 2.24) is 4.90 Å². The number of aliphatic hydroxyl groups is 1. The Balaban J connectivity index is 1.86. The maximum absolute atomic E-state index is 13.2. The molecule has 0 spiro atoms. The van der Waals surface area contributed by atoms with Crippen molar-refractivity contribution >= 4 is 40.7 Å². The Morgan fingerprint density at radius 1 is 0.912 bits per heavy atom. The highest BCUT2D eigenvalue weighted by atomic mass is 35.5. The Hall–Kier alpha value is -3.48. The molecule has 0 saturated carbocycles. The van der Waals surface area contributed by atoms with E-state index in [2.05, 4.69) is 0 Å². The molecule has 1 atom stereocenters.